The van der Waals surface area contributed by atoms with Gasteiger partial charge in [-0.25, -0.2) is 14.2 Å². The summed E-state index contributed by atoms with van der Waals surface area (Å²) in [7, 11) is 0. The lowest BCUT2D eigenvalue weighted by atomic mass is 9.47. The predicted molar refractivity (Wildman–Crippen MR) is 127 cm³/mol. The summed E-state index contributed by atoms with van der Waals surface area (Å²) in [5, 5.41) is 13.5. The molecule has 0 radical (unpaired) electrons. The Kier molecular flexibility index (Phi) is 5.33. The number of alkyl halides is 1. The van der Waals surface area contributed by atoms with E-state index < -0.39 is 40.3 Å². The van der Waals surface area contributed by atoms with Crippen LogP contribution in [-0.4, -0.2) is 51.9 Å². The SMILES string of the molecule is C[C@@H]1C[C@@]2(c3ccc(N)cc3C23N=C(NC(=O)OC(C)(C)C)N(CC(C)(C)F)C3=O)[C@H](C)[C@H]1O. The maximum Gasteiger partial charge on any atom is 0.414 e. The van der Waals surface area contributed by atoms with E-state index in [0.717, 1.165) is 5.56 Å². The van der Waals surface area contributed by atoms with Crippen LogP contribution in [0, 0.1) is 11.8 Å². The van der Waals surface area contributed by atoms with E-state index >= 15 is 0 Å². The van der Waals surface area contributed by atoms with Crippen molar-refractivity contribution >= 4 is 23.6 Å². The first-order valence-corrected chi connectivity index (χ1v) is 11.7. The van der Waals surface area contributed by atoms with Gasteiger partial charge < -0.3 is 15.6 Å². The van der Waals surface area contributed by atoms with Gasteiger partial charge in [-0.15, -0.1) is 0 Å². The summed E-state index contributed by atoms with van der Waals surface area (Å²) in [4.78, 5) is 32.8. The number of aliphatic imine (C=N–C) groups is 1. The molecule has 8 nitrogen and oxygen atoms in total. The zero-order valence-electron chi connectivity index (χ0n) is 20.9. The van der Waals surface area contributed by atoms with Gasteiger partial charge in [-0.3, -0.25) is 15.0 Å². The molecule has 4 rings (SSSR count). The van der Waals surface area contributed by atoms with Crippen LogP contribution < -0.4 is 11.1 Å². The van der Waals surface area contributed by atoms with Gasteiger partial charge >= 0.3 is 6.09 Å². The first-order valence-electron chi connectivity index (χ1n) is 11.7. The lowest BCUT2D eigenvalue weighted by molar-refractivity contribution is -0.138. The number of nitrogens with two attached hydrogens (primary N) is 1. The summed E-state index contributed by atoms with van der Waals surface area (Å²) < 4.78 is 20.2. The Balaban J connectivity index is 1.88. The number of alkyl carbamates (subject to hydrolysis) is 1. The number of ether oxygens (including phenoxy) is 1. The Morgan fingerprint density at radius 2 is 1.94 bits per heavy atom. The second-order valence-electron chi connectivity index (χ2n) is 11.6. The minimum atomic E-state index is -1.75. The van der Waals surface area contributed by atoms with Gasteiger partial charge in [0.15, 0.2) is 5.54 Å². The monoisotopic (exact) mass is 474 g/mol. The molecule has 34 heavy (non-hydrogen) atoms. The molecule has 5 atom stereocenters. The lowest BCUT2D eigenvalue weighted by Crippen LogP contribution is -2.65. The summed E-state index contributed by atoms with van der Waals surface area (Å²) in [5.74, 6) is -0.865. The highest BCUT2D eigenvalue weighted by molar-refractivity contribution is 6.13. The number of rotatable bonds is 2. The topological polar surface area (TPSA) is 117 Å². The number of nitrogens with zero attached hydrogens (tertiary/aromatic N) is 2. The fourth-order valence-corrected chi connectivity index (χ4v) is 6.09. The van der Waals surface area contributed by atoms with Crippen LogP contribution >= 0.6 is 0 Å². The summed E-state index contributed by atoms with van der Waals surface area (Å²) in [6.45, 7) is 11.5. The number of hydrogen-bond donors (Lipinski definition) is 3. The Morgan fingerprint density at radius 3 is 2.47 bits per heavy atom. The van der Waals surface area contributed by atoms with Crippen molar-refractivity contribution in [3.63, 3.8) is 0 Å². The number of halogens is 1. The Hall–Kier alpha value is -2.68. The van der Waals surface area contributed by atoms with Crippen molar-refractivity contribution in [1.82, 2.24) is 10.2 Å². The molecule has 0 saturated heterocycles. The number of nitrogen functional groups attached to an aromatic ring is 1. The minimum Gasteiger partial charge on any atom is -0.444 e. The summed E-state index contributed by atoms with van der Waals surface area (Å²) in [6, 6.07) is 5.39. The summed E-state index contributed by atoms with van der Waals surface area (Å²) >= 11 is 0. The van der Waals surface area contributed by atoms with E-state index in [4.69, 9.17) is 15.5 Å². The van der Waals surface area contributed by atoms with Crippen molar-refractivity contribution in [2.24, 2.45) is 16.8 Å². The molecule has 2 spiro atoms. The second-order valence-corrected chi connectivity index (χ2v) is 11.6. The predicted octanol–water partition coefficient (Wildman–Crippen LogP) is 3.22. The number of hydrogen-bond acceptors (Lipinski definition) is 6. The van der Waals surface area contributed by atoms with E-state index in [9.17, 15) is 19.1 Å². The molecule has 0 aromatic heterocycles. The van der Waals surface area contributed by atoms with Gasteiger partial charge in [-0.2, -0.15) is 0 Å². The number of benzene rings is 1. The molecule has 0 bridgehead atoms. The second kappa shape index (κ2) is 7.41. The van der Waals surface area contributed by atoms with Gasteiger partial charge in [0.2, 0.25) is 5.96 Å². The van der Waals surface area contributed by atoms with Gasteiger partial charge in [0.05, 0.1) is 12.6 Å². The first-order chi connectivity index (χ1) is 15.5. The molecule has 1 unspecified atom stereocenters. The van der Waals surface area contributed by atoms with Crippen LogP contribution in [0.5, 0.6) is 0 Å². The van der Waals surface area contributed by atoms with Crippen molar-refractivity contribution in [1.29, 1.82) is 0 Å². The van der Waals surface area contributed by atoms with Crippen molar-refractivity contribution in [3.05, 3.63) is 29.3 Å². The van der Waals surface area contributed by atoms with Crippen molar-refractivity contribution in [2.75, 3.05) is 12.3 Å². The maximum absolute atomic E-state index is 14.8. The molecule has 3 aliphatic rings. The number of aliphatic hydroxyl groups excluding tert-OH is 1. The van der Waals surface area contributed by atoms with E-state index in [-0.39, 0.29) is 24.3 Å². The number of aliphatic hydroxyl groups is 1. The largest absolute Gasteiger partial charge is 0.444 e. The molecule has 1 heterocycles. The zero-order chi connectivity index (χ0) is 25.4. The van der Waals surface area contributed by atoms with E-state index in [1.54, 1.807) is 32.9 Å². The Labute approximate surface area is 199 Å². The van der Waals surface area contributed by atoms with Crippen LogP contribution in [0.3, 0.4) is 0 Å². The van der Waals surface area contributed by atoms with E-state index in [2.05, 4.69) is 5.32 Å². The van der Waals surface area contributed by atoms with Gasteiger partial charge in [0.25, 0.3) is 5.91 Å². The number of nitrogens with one attached hydrogen (secondary N) is 1. The van der Waals surface area contributed by atoms with Crippen LogP contribution in [0.15, 0.2) is 23.2 Å². The molecule has 2 amide bonds. The third-order valence-electron chi connectivity index (χ3n) is 7.31. The third-order valence-corrected chi connectivity index (χ3v) is 7.31. The highest BCUT2D eigenvalue weighted by Crippen LogP contribution is 2.69. The minimum absolute atomic E-state index is 0.0568. The normalized spacial score (nSPS) is 32.6. The molecule has 9 heteroatoms. The fraction of sp³-hybridized carbons (Fsp3) is 0.640. The Bertz CT molecular complexity index is 1080. The molecule has 4 N–H and O–H groups in total. The van der Waals surface area contributed by atoms with Crippen LogP contribution in [0.25, 0.3) is 0 Å². The lowest BCUT2D eigenvalue weighted by Gasteiger charge is -2.56. The molecule has 2 aliphatic carbocycles. The molecule has 1 aromatic rings. The average Bonchev–Trinajstić information content (AvgIpc) is 3.09. The fourth-order valence-electron chi connectivity index (χ4n) is 6.09. The number of carbonyl (C=O) groups is 2. The van der Waals surface area contributed by atoms with Crippen LogP contribution in [-0.2, 0) is 20.5 Å². The molecule has 186 valence electrons. The number of amides is 2. The highest BCUT2D eigenvalue weighted by atomic mass is 19.1. The quantitative estimate of drug-likeness (QED) is 0.569. The third kappa shape index (κ3) is 3.39. The number of fused-ring (bicyclic) bond motifs is 4. The maximum atomic E-state index is 14.8. The number of anilines is 1. The van der Waals surface area contributed by atoms with Crippen molar-refractivity contribution in [3.8, 4) is 0 Å². The molecule has 1 aliphatic heterocycles. The van der Waals surface area contributed by atoms with Gasteiger partial charge in [-0.1, -0.05) is 19.9 Å². The van der Waals surface area contributed by atoms with Gasteiger partial charge in [-0.05, 0) is 76.1 Å². The van der Waals surface area contributed by atoms with Crippen LogP contribution in [0.1, 0.15) is 66.0 Å². The van der Waals surface area contributed by atoms with Gasteiger partial charge in [0.1, 0.15) is 11.3 Å². The molecule has 1 saturated carbocycles. The van der Waals surface area contributed by atoms with Gasteiger partial charge in [0, 0.05) is 11.1 Å². The summed E-state index contributed by atoms with van der Waals surface area (Å²) in [5.41, 5.74) is 3.36. The van der Waals surface area contributed by atoms with Crippen molar-refractivity contribution in [2.45, 2.75) is 83.2 Å². The van der Waals surface area contributed by atoms with Crippen LogP contribution in [0.4, 0.5) is 14.9 Å². The van der Waals surface area contributed by atoms with E-state index in [1.807, 2.05) is 19.9 Å². The van der Waals surface area contributed by atoms with E-state index in [1.165, 1.54) is 18.7 Å². The summed E-state index contributed by atoms with van der Waals surface area (Å²) in [6.07, 6.45) is -0.903. The van der Waals surface area contributed by atoms with Crippen LogP contribution in [0.2, 0.25) is 0 Å². The average molecular weight is 475 g/mol. The highest BCUT2D eigenvalue weighted by Gasteiger charge is 2.76. The number of carbonyl (C=O) groups excluding carboxylic acids is 2. The number of guanidine groups is 1. The first kappa shape index (κ1) is 24.4. The Morgan fingerprint density at radius 1 is 1.29 bits per heavy atom. The molecule has 1 fully saturated rings. The molecular formula is C25H35FN4O4. The van der Waals surface area contributed by atoms with Crippen molar-refractivity contribution < 1.29 is 23.8 Å². The van der Waals surface area contributed by atoms with E-state index in [0.29, 0.717) is 17.7 Å². The standard InChI is InChI=1S/C25H35FN4O4/c1-13-11-24(14(2)18(13)31)16-9-8-15(27)10-17(16)25(24)19(32)30(12-23(6,7)26)20(29-25)28-21(33)34-22(3,4)5/h8-10,13-14,18,31H,11-12,27H2,1-7H3,(H,28,29,33)/t13-,14-,18+,24+,25?/m1/s1. The smallest absolute Gasteiger partial charge is 0.414 e. The molecular weight excluding hydrogens is 439 g/mol. The molecule has 1 aromatic carbocycles. The zero-order valence-corrected chi connectivity index (χ0v) is 20.9.